The first kappa shape index (κ1) is 21.3. The van der Waals surface area contributed by atoms with Crippen LogP contribution in [0, 0.1) is 0 Å². The molecule has 0 aliphatic carbocycles. The molecule has 0 atom stereocenters. The molecule has 0 aromatic rings. The van der Waals surface area contributed by atoms with Gasteiger partial charge in [-0.15, -0.1) is 0 Å². The smallest absolute Gasteiger partial charge is 0.411 e. The van der Waals surface area contributed by atoms with E-state index in [1.54, 1.807) is 20.8 Å². The molecule has 0 radical (unpaired) electrons. The maximum Gasteiger partial charge on any atom is 0.411 e. The summed E-state index contributed by atoms with van der Waals surface area (Å²) in [6.07, 6.45) is -5.33. The zero-order valence-corrected chi connectivity index (χ0v) is 14.0. The lowest BCUT2D eigenvalue weighted by molar-refractivity contribution is -0.174. The molecule has 0 heterocycles. The van der Waals surface area contributed by atoms with Crippen molar-refractivity contribution in [3.05, 3.63) is 0 Å². The van der Waals surface area contributed by atoms with Gasteiger partial charge in [0, 0.05) is 23.8 Å². The van der Waals surface area contributed by atoms with Gasteiger partial charge in [0.1, 0.15) is 12.2 Å². The van der Waals surface area contributed by atoms with E-state index in [1.807, 2.05) is 0 Å². The molecule has 22 heavy (non-hydrogen) atoms. The quantitative estimate of drug-likeness (QED) is 0.509. The molecule has 1 amide bonds. The number of halogens is 4. The van der Waals surface area contributed by atoms with Crippen molar-refractivity contribution in [3.63, 3.8) is 0 Å². The summed E-state index contributed by atoms with van der Waals surface area (Å²) in [6.45, 7) is 2.36. The maximum absolute atomic E-state index is 11.9. The Kier molecular flexibility index (Phi) is 7.93. The predicted molar refractivity (Wildman–Crippen MR) is 74.3 cm³/mol. The van der Waals surface area contributed by atoms with Crippen LogP contribution in [0.4, 0.5) is 18.0 Å². The van der Waals surface area contributed by atoms with E-state index in [-0.39, 0.29) is 13.1 Å². The average Bonchev–Trinajstić information content (AvgIpc) is 2.22. The Morgan fingerprint density at radius 2 is 1.73 bits per heavy atom. The molecule has 0 aliphatic rings. The van der Waals surface area contributed by atoms with Gasteiger partial charge in [-0.25, -0.2) is 13.2 Å². The summed E-state index contributed by atoms with van der Waals surface area (Å²) in [7, 11) is 1.20. The maximum atomic E-state index is 11.9. The van der Waals surface area contributed by atoms with Crippen molar-refractivity contribution in [1.82, 2.24) is 4.90 Å². The van der Waals surface area contributed by atoms with Crippen LogP contribution < -0.4 is 0 Å². The minimum atomic E-state index is -4.48. The number of rotatable bonds is 7. The fourth-order valence-electron chi connectivity index (χ4n) is 1.20. The van der Waals surface area contributed by atoms with E-state index in [0.717, 1.165) is 4.90 Å². The van der Waals surface area contributed by atoms with E-state index in [9.17, 15) is 26.4 Å². The van der Waals surface area contributed by atoms with Crippen LogP contribution in [0.3, 0.4) is 0 Å². The van der Waals surface area contributed by atoms with Gasteiger partial charge in [0.15, 0.2) is 0 Å². The molecular weight excluding hydrogens is 351 g/mol. The summed E-state index contributed by atoms with van der Waals surface area (Å²) in [4.78, 5) is 12.8. The largest absolute Gasteiger partial charge is 0.444 e. The van der Waals surface area contributed by atoms with E-state index >= 15 is 0 Å². The van der Waals surface area contributed by atoms with Crippen molar-refractivity contribution in [2.75, 3.05) is 32.1 Å². The Balaban J connectivity index is 4.55. The molecule has 0 aromatic heterocycles. The topological polar surface area (TPSA) is 72.9 Å². The summed E-state index contributed by atoms with van der Waals surface area (Å²) in [5, 5.41) is 0. The molecule has 0 rings (SSSR count). The van der Waals surface area contributed by atoms with E-state index in [0.29, 0.717) is 0 Å². The second kappa shape index (κ2) is 8.21. The summed E-state index contributed by atoms with van der Waals surface area (Å²) < 4.78 is 67.1. The lowest BCUT2D eigenvalue weighted by Gasteiger charge is -2.27. The lowest BCUT2D eigenvalue weighted by Crippen LogP contribution is -2.41. The van der Waals surface area contributed by atoms with Crippen molar-refractivity contribution in [3.8, 4) is 0 Å². The third-order valence-electron chi connectivity index (χ3n) is 2.03. The Morgan fingerprint density at radius 3 is 2.14 bits per heavy atom. The second-order valence-electron chi connectivity index (χ2n) is 5.38. The number of carbonyl (C=O) groups excluding carboxylic acids is 1. The van der Waals surface area contributed by atoms with Gasteiger partial charge in [0.2, 0.25) is 9.05 Å². The van der Waals surface area contributed by atoms with Gasteiger partial charge >= 0.3 is 12.3 Å². The molecule has 132 valence electrons. The predicted octanol–water partition coefficient (Wildman–Crippen LogP) is 2.37. The fourth-order valence-corrected chi connectivity index (χ4v) is 1.85. The molecule has 0 aromatic carbocycles. The number of hydrogen-bond donors (Lipinski definition) is 0. The van der Waals surface area contributed by atoms with E-state index in [2.05, 4.69) is 4.74 Å². The monoisotopic (exact) mass is 369 g/mol. The van der Waals surface area contributed by atoms with Gasteiger partial charge in [-0.2, -0.15) is 13.2 Å². The van der Waals surface area contributed by atoms with Gasteiger partial charge in [-0.05, 0) is 20.8 Å². The molecule has 0 spiro atoms. The SMILES string of the molecule is CC(C)(C)OC(=O)N(CCOCC(F)(F)F)CCS(=O)(=O)Cl. The standard InChI is InChI=1S/C11H19ClF3NO5S/c1-10(2,3)21-9(17)16(5-7-22(12,18)19)4-6-20-8-11(13,14)15/h4-8H2,1-3H3. The van der Waals surface area contributed by atoms with Crippen molar-refractivity contribution >= 4 is 25.8 Å². The average molecular weight is 370 g/mol. The van der Waals surface area contributed by atoms with Crippen LogP contribution in [0.15, 0.2) is 0 Å². The lowest BCUT2D eigenvalue weighted by atomic mass is 10.2. The third-order valence-corrected chi connectivity index (χ3v) is 3.16. The highest BCUT2D eigenvalue weighted by Gasteiger charge is 2.28. The van der Waals surface area contributed by atoms with Gasteiger partial charge < -0.3 is 14.4 Å². The van der Waals surface area contributed by atoms with Crippen LogP contribution in [0.5, 0.6) is 0 Å². The molecular formula is C11H19ClF3NO5S. The van der Waals surface area contributed by atoms with E-state index in [1.165, 1.54) is 0 Å². The van der Waals surface area contributed by atoms with Crippen LogP contribution in [-0.4, -0.2) is 63.2 Å². The first-order valence-corrected chi connectivity index (χ1v) is 8.72. The zero-order valence-electron chi connectivity index (χ0n) is 12.4. The van der Waals surface area contributed by atoms with Crippen LogP contribution in [0.25, 0.3) is 0 Å². The summed E-state index contributed by atoms with van der Waals surface area (Å²) >= 11 is 0. The minimum absolute atomic E-state index is 0.253. The van der Waals surface area contributed by atoms with Gasteiger partial charge in [-0.3, -0.25) is 0 Å². The number of nitrogens with zero attached hydrogens (tertiary/aromatic N) is 1. The van der Waals surface area contributed by atoms with E-state index < -0.39 is 45.9 Å². The number of amides is 1. The molecule has 0 unspecified atom stereocenters. The summed E-state index contributed by atoms with van der Waals surface area (Å²) in [5.74, 6) is -0.549. The molecule has 0 bridgehead atoms. The van der Waals surface area contributed by atoms with Crippen molar-refractivity contribution in [2.24, 2.45) is 0 Å². The van der Waals surface area contributed by atoms with Gasteiger partial charge in [-0.1, -0.05) is 0 Å². The number of carbonyl (C=O) groups is 1. The van der Waals surface area contributed by atoms with Crippen molar-refractivity contribution in [2.45, 2.75) is 32.5 Å². The Labute approximate surface area is 131 Å². The first-order valence-electron chi connectivity index (χ1n) is 6.24. The second-order valence-corrected chi connectivity index (χ2v) is 8.27. The highest BCUT2D eigenvalue weighted by Crippen LogP contribution is 2.14. The minimum Gasteiger partial charge on any atom is -0.444 e. The van der Waals surface area contributed by atoms with Crippen LogP contribution in [-0.2, 0) is 18.5 Å². The summed E-state index contributed by atoms with van der Waals surface area (Å²) in [5.41, 5.74) is -0.831. The third kappa shape index (κ3) is 13.0. The van der Waals surface area contributed by atoms with Crippen molar-refractivity contribution in [1.29, 1.82) is 0 Å². The molecule has 0 fully saturated rings. The Hall–Kier alpha value is -0.740. The first-order chi connectivity index (χ1) is 9.70. The highest BCUT2D eigenvalue weighted by molar-refractivity contribution is 8.13. The summed E-state index contributed by atoms with van der Waals surface area (Å²) in [6, 6.07) is 0. The van der Waals surface area contributed by atoms with E-state index in [4.69, 9.17) is 15.4 Å². The van der Waals surface area contributed by atoms with Crippen LogP contribution in [0.2, 0.25) is 0 Å². The van der Waals surface area contributed by atoms with Gasteiger partial charge in [0.25, 0.3) is 0 Å². The molecule has 6 nitrogen and oxygen atoms in total. The normalized spacial score (nSPS) is 13.0. The van der Waals surface area contributed by atoms with Gasteiger partial charge in [0.05, 0.1) is 12.4 Å². The molecule has 0 saturated carbocycles. The van der Waals surface area contributed by atoms with Crippen LogP contribution in [0.1, 0.15) is 20.8 Å². The number of hydrogen-bond acceptors (Lipinski definition) is 5. The molecule has 0 saturated heterocycles. The molecule has 0 aliphatic heterocycles. The van der Waals surface area contributed by atoms with Crippen LogP contribution >= 0.6 is 10.7 Å². The number of ether oxygens (including phenoxy) is 2. The fraction of sp³-hybridized carbons (Fsp3) is 0.909. The number of alkyl halides is 3. The van der Waals surface area contributed by atoms with Crippen molar-refractivity contribution < 1.29 is 35.9 Å². The molecule has 11 heteroatoms. The highest BCUT2D eigenvalue weighted by atomic mass is 35.7. The Bertz CT molecular complexity index is 461. The Morgan fingerprint density at radius 1 is 1.18 bits per heavy atom. The zero-order chi connectivity index (χ0) is 17.6. The molecule has 0 N–H and O–H groups in total.